The molecule has 3 saturated heterocycles. The van der Waals surface area contributed by atoms with E-state index in [2.05, 4.69) is 0 Å². The van der Waals surface area contributed by atoms with Crippen LogP contribution >= 0.6 is 0 Å². The van der Waals surface area contributed by atoms with E-state index in [4.69, 9.17) is 28.4 Å². The number of aliphatic hydroxyl groups is 3. The second kappa shape index (κ2) is 18.3. The number of carbonyl (C=O) groups is 2. The number of methoxy groups -OCH3 is 1. The molecule has 3 N–H and O–H groups in total. The quantitative estimate of drug-likeness (QED) is 0.233. The molecule has 0 bridgehead atoms. The zero-order valence-electron chi connectivity index (χ0n) is 34.0. The molecule has 16 atom stereocenters. The van der Waals surface area contributed by atoms with Crippen LogP contribution in [0.2, 0.25) is 0 Å². The lowest BCUT2D eigenvalue weighted by Crippen LogP contribution is -2.60. The second-order valence-corrected chi connectivity index (χ2v) is 16.7. The van der Waals surface area contributed by atoms with Crippen LogP contribution in [-0.2, 0) is 38.0 Å². The summed E-state index contributed by atoms with van der Waals surface area (Å²) in [6.07, 6.45) is -4.00. The lowest BCUT2D eigenvalue weighted by molar-refractivity contribution is -0.317. The van der Waals surface area contributed by atoms with Crippen LogP contribution in [0.1, 0.15) is 74.7 Å². The molecule has 0 saturated carbocycles. The Hall–Kier alpha value is -1.72. The number of likely N-dealkylation sites (N-methyl/N-ethyl adjacent to an activating group) is 2. The van der Waals surface area contributed by atoms with Crippen molar-refractivity contribution in [2.24, 2.45) is 17.8 Å². The first-order valence-corrected chi connectivity index (χ1v) is 18.7. The third kappa shape index (κ3) is 10.7. The Kier molecular flexibility index (Phi) is 15.7. The fourth-order valence-electron chi connectivity index (χ4n) is 8.13. The first-order valence-electron chi connectivity index (χ1n) is 18.7. The number of esters is 1. The van der Waals surface area contributed by atoms with Crippen molar-refractivity contribution in [1.29, 1.82) is 0 Å². The molecule has 0 amide bonds. The van der Waals surface area contributed by atoms with Crippen LogP contribution in [0.5, 0.6) is 0 Å². The van der Waals surface area contributed by atoms with Crippen LogP contribution < -0.4 is 0 Å². The predicted octanol–water partition coefficient (Wildman–Crippen LogP) is 2.02. The van der Waals surface area contributed by atoms with Crippen LogP contribution in [0.15, 0.2) is 12.3 Å². The third-order valence-corrected chi connectivity index (χ3v) is 11.4. The lowest BCUT2D eigenvalue weighted by Gasteiger charge is -2.48. The number of carbonyl (C=O) groups excluding carboxylic acids is 2. The fourth-order valence-corrected chi connectivity index (χ4v) is 8.13. The number of nitrogens with zero attached hydrogens (tertiary/aromatic N) is 3. The van der Waals surface area contributed by atoms with Crippen LogP contribution in [0.3, 0.4) is 0 Å². The molecule has 0 aromatic heterocycles. The van der Waals surface area contributed by atoms with E-state index in [1.807, 2.05) is 58.6 Å². The molecule has 0 radical (unpaired) electrons. The Balaban J connectivity index is 2.15. The van der Waals surface area contributed by atoms with Gasteiger partial charge in [-0.25, -0.2) is 0 Å². The summed E-state index contributed by atoms with van der Waals surface area (Å²) in [4.78, 5) is 33.5. The maximum atomic E-state index is 14.3. The van der Waals surface area contributed by atoms with Gasteiger partial charge in [-0.15, -0.1) is 0 Å². The largest absolute Gasteiger partial charge is 0.452 e. The normalized spacial score (nSPS) is 44.8. The van der Waals surface area contributed by atoms with E-state index >= 15 is 0 Å². The van der Waals surface area contributed by atoms with E-state index in [-0.39, 0.29) is 36.7 Å². The number of ether oxygens (including phenoxy) is 6. The first kappa shape index (κ1) is 44.7. The van der Waals surface area contributed by atoms with Crippen molar-refractivity contribution >= 4 is 11.8 Å². The molecule has 3 aliphatic rings. The highest BCUT2D eigenvalue weighted by atomic mass is 16.7. The molecule has 14 nitrogen and oxygen atoms in total. The van der Waals surface area contributed by atoms with E-state index in [1.54, 1.807) is 52.9 Å². The van der Waals surface area contributed by atoms with Crippen molar-refractivity contribution in [3.8, 4) is 0 Å². The summed E-state index contributed by atoms with van der Waals surface area (Å²) >= 11 is 0. The Labute approximate surface area is 311 Å². The van der Waals surface area contributed by atoms with E-state index < -0.39 is 84.3 Å². The van der Waals surface area contributed by atoms with Gasteiger partial charge in [0.15, 0.2) is 24.5 Å². The van der Waals surface area contributed by atoms with Gasteiger partial charge in [0, 0.05) is 58.4 Å². The zero-order chi connectivity index (χ0) is 39.5. The summed E-state index contributed by atoms with van der Waals surface area (Å²) in [6.45, 7) is 14.9. The summed E-state index contributed by atoms with van der Waals surface area (Å²) in [6, 6.07) is -0.765. The SMILES string of the molecule is CO[C@]1(C)C[C@H](O[C@H]2[C@H](C)[C@@H](O[C@@H]3O[C@H](C)C[C@H](N(C)C)[C@H]3O)[C@@](C)(O)C[C@@H](C)CN(C)[C@@H](C)[C@H](C(=O)/C=C/N(C)C)OC(=O)[C@@H]2C)O[C@@H](C)[C@@H]1O. The number of aliphatic hydroxyl groups excluding tert-OH is 2. The van der Waals surface area contributed by atoms with Crippen LogP contribution in [0.4, 0.5) is 0 Å². The first-order chi connectivity index (χ1) is 24.0. The Morgan fingerprint density at radius 3 is 2.21 bits per heavy atom. The highest BCUT2D eigenvalue weighted by Crippen LogP contribution is 2.39. The summed E-state index contributed by atoms with van der Waals surface area (Å²) in [5, 5.41) is 34.9. The van der Waals surface area contributed by atoms with Crippen molar-refractivity contribution in [3.63, 3.8) is 0 Å². The van der Waals surface area contributed by atoms with Gasteiger partial charge in [0.25, 0.3) is 0 Å². The van der Waals surface area contributed by atoms with Gasteiger partial charge in [0.1, 0.15) is 12.2 Å². The summed E-state index contributed by atoms with van der Waals surface area (Å²) in [5.74, 6) is -2.87. The van der Waals surface area contributed by atoms with Gasteiger partial charge in [-0.3, -0.25) is 14.5 Å². The standard InChI is InChI=1S/C38H69N3O11/c1-21-18-37(7,46)34(52-36-30(43)27(40(11)12)17-22(2)48-36)23(3)31(50-29-19-38(8,47-14)33(44)26(6)49-29)24(4)35(45)51-32(25(5)41(13)20-21)28(42)15-16-39(9)10/h15-16,21-27,29-34,36,43-44,46H,17-20H2,1-14H3/b16-15+/t21-,22-,23+,24-,25+,26+,27+,29+,30-,31+,32-,33+,34-,36+,37+,38-/m1/s1. The molecule has 3 aliphatic heterocycles. The van der Waals surface area contributed by atoms with Crippen molar-refractivity contribution in [1.82, 2.24) is 14.7 Å². The molecular weight excluding hydrogens is 674 g/mol. The summed E-state index contributed by atoms with van der Waals surface area (Å²) < 4.78 is 37.6. The molecule has 0 aliphatic carbocycles. The number of ketones is 1. The topological polar surface area (TPSA) is 160 Å². The third-order valence-electron chi connectivity index (χ3n) is 11.4. The van der Waals surface area contributed by atoms with Crippen LogP contribution in [0.25, 0.3) is 0 Å². The Morgan fingerprint density at radius 1 is 1.00 bits per heavy atom. The van der Waals surface area contributed by atoms with Crippen LogP contribution in [0, 0.1) is 17.8 Å². The highest BCUT2D eigenvalue weighted by Gasteiger charge is 2.52. The van der Waals surface area contributed by atoms with E-state index in [0.29, 0.717) is 13.0 Å². The van der Waals surface area contributed by atoms with E-state index in [9.17, 15) is 24.9 Å². The van der Waals surface area contributed by atoms with Crippen LogP contribution in [-0.4, -0.2) is 169 Å². The number of rotatable bonds is 9. The minimum absolute atomic E-state index is 0.112. The van der Waals surface area contributed by atoms with Crippen molar-refractivity contribution in [3.05, 3.63) is 12.3 Å². The molecule has 0 unspecified atom stereocenters. The average molecular weight is 744 g/mol. The maximum Gasteiger partial charge on any atom is 0.312 e. The summed E-state index contributed by atoms with van der Waals surface area (Å²) in [5.41, 5.74) is -2.52. The molecular formula is C38H69N3O11. The molecule has 14 heteroatoms. The molecule has 0 aromatic carbocycles. The number of cyclic esters (lactones) is 1. The number of hydrogen-bond donors (Lipinski definition) is 3. The van der Waals surface area contributed by atoms with Gasteiger partial charge >= 0.3 is 5.97 Å². The Morgan fingerprint density at radius 2 is 1.63 bits per heavy atom. The van der Waals surface area contributed by atoms with Gasteiger partial charge in [0.2, 0.25) is 0 Å². The second-order valence-electron chi connectivity index (χ2n) is 16.7. The summed E-state index contributed by atoms with van der Waals surface area (Å²) in [7, 11) is 10.8. The maximum absolute atomic E-state index is 14.3. The molecule has 0 spiro atoms. The lowest BCUT2D eigenvalue weighted by atomic mass is 9.77. The van der Waals surface area contributed by atoms with Gasteiger partial charge in [-0.05, 0) is 81.4 Å². The van der Waals surface area contributed by atoms with Crippen molar-refractivity contribution in [2.45, 2.75) is 153 Å². The molecule has 52 heavy (non-hydrogen) atoms. The van der Waals surface area contributed by atoms with Crippen molar-refractivity contribution in [2.75, 3.05) is 48.9 Å². The molecule has 3 rings (SSSR count). The molecule has 3 fully saturated rings. The number of hydrogen-bond acceptors (Lipinski definition) is 14. The predicted molar refractivity (Wildman–Crippen MR) is 195 cm³/mol. The smallest absolute Gasteiger partial charge is 0.312 e. The van der Waals surface area contributed by atoms with Gasteiger partial charge in [-0.2, -0.15) is 0 Å². The molecule has 3 heterocycles. The fraction of sp³-hybridized carbons (Fsp3) is 0.895. The van der Waals surface area contributed by atoms with E-state index in [0.717, 1.165) is 0 Å². The van der Waals surface area contributed by atoms with Crippen molar-refractivity contribution < 1.29 is 53.3 Å². The molecule has 0 aromatic rings. The monoisotopic (exact) mass is 743 g/mol. The van der Waals surface area contributed by atoms with Gasteiger partial charge in [0.05, 0.1) is 47.6 Å². The highest BCUT2D eigenvalue weighted by molar-refractivity contribution is 5.95. The zero-order valence-corrected chi connectivity index (χ0v) is 34.0. The average Bonchev–Trinajstić information content (AvgIpc) is 3.05. The minimum atomic E-state index is -1.51. The van der Waals surface area contributed by atoms with E-state index in [1.165, 1.54) is 13.2 Å². The Bertz CT molecular complexity index is 1200. The van der Waals surface area contributed by atoms with Gasteiger partial charge < -0.3 is 53.5 Å². The minimum Gasteiger partial charge on any atom is -0.452 e. The molecule has 302 valence electrons. The van der Waals surface area contributed by atoms with Gasteiger partial charge in [-0.1, -0.05) is 13.8 Å².